The normalized spacial score (nSPS) is 16.2. The third-order valence-corrected chi connectivity index (χ3v) is 5.55. The van der Waals surface area contributed by atoms with Crippen molar-refractivity contribution in [1.29, 1.82) is 0 Å². The number of benzene rings is 2. The molecule has 0 unspecified atom stereocenters. The molecule has 1 aliphatic rings. The van der Waals surface area contributed by atoms with E-state index in [2.05, 4.69) is 16.3 Å². The molecule has 0 aliphatic carbocycles. The van der Waals surface area contributed by atoms with Crippen LogP contribution in [0.1, 0.15) is 54.6 Å². The molecule has 1 atom stereocenters. The molecule has 0 aromatic heterocycles. The molecule has 3 rings (SSSR count). The first kappa shape index (κ1) is 20.7. The zero-order valence-electron chi connectivity index (χ0n) is 16.5. The molecule has 5 heteroatoms. The Morgan fingerprint density at radius 2 is 1.86 bits per heavy atom. The van der Waals surface area contributed by atoms with Crippen LogP contribution < -0.4 is 10.1 Å². The third kappa shape index (κ3) is 5.49. The zero-order valence-corrected chi connectivity index (χ0v) is 17.3. The fourth-order valence-electron chi connectivity index (χ4n) is 3.77. The van der Waals surface area contributed by atoms with Gasteiger partial charge >= 0.3 is 0 Å². The summed E-state index contributed by atoms with van der Waals surface area (Å²) in [5.41, 5.74) is 1.69. The smallest absolute Gasteiger partial charge is 0.251 e. The van der Waals surface area contributed by atoms with Gasteiger partial charge < -0.3 is 10.1 Å². The van der Waals surface area contributed by atoms with Gasteiger partial charge in [-0.25, -0.2) is 0 Å². The standard InChI is InChI=1S/C23H29ClN2O2/c1-2-28-19-11-9-10-18(16-19)23(27)25-17-22(20-12-5-6-13-21(20)24)26-14-7-3-4-8-15-26/h5-6,9-13,16,22H,2-4,7-8,14-15,17H2,1H3,(H,25,27)/t22-/m1/s1. The Labute approximate surface area is 172 Å². The van der Waals surface area contributed by atoms with Gasteiger partial charge in [-0.05, 0) is 62.7 Å². The van der Waals surface area contributed by atoms with E-state index < -0.39 is 0 Å². The highest BCUT2D eigenvalue weighted by Gasteiger charge is 2.24. The second-order valence-corrected chi connectivity index (χ2v) is 7.57. The molecule has 1 saturated heterocycles. The lowest BCUT2D eigenvalue weighted by molar-refractivity contribution is 0.0932. The summed E-state index contributed by atoms with van der Waals surface area (Å²) < 4.78 is 5.51. The van der Waals surface area contributed by atoms with Gasteiger partial charge in [0.1, 0.15) is 5.75 Å². The van der Waals surface area contributed by atoms with Crippen LogP contribution in [0, 0.1) is 0 Å². The van der Waals surface area contributed by atoms with Crippen LogP contribution in [0.2, 0.25) is 5.02 Å². The maximum atomic E-state index is 12.8. The van der Waals surface area contributed by atoms with Crippen molar-refractivity contribution in [2.45, 2.75) is 38.6 Å². The van der Waals surface area contributed by atoms with Crippen molar-refractivity contribution < 1.29 is 9.53 Å². The number of ether oxygens (including phenoxy) is 1. The van der Waals surface area contributed by atoms with Crippen LogP contribution in [0.3, 0.4) is 0 Å². The average molecular weight is 401 g/mol. The van der Waals surface area contributed by atoms with Crippen molar-refractivity contribution in [1.82, 2.24) is 10.2 Å². The summed E-state index contributed by atoms with van der Waals surface area (Å²) in [6.07, 6.45) is 4.90. The van der Waals surface area contributed by atoms with Crippen molar-refractivity contribution in [3.8, 4) is 5.75 Å². The number of carbonyl (C=O) groups is 1. The zero-order chi connectivity index (χ0) is 19.8. The molecular weight excluding hydrogens is 372 g/mol. The fourth-order valence-corrected chi connectivity index (χ4v) is 4.03. The van der Waals surface area contributed by atoms with Crippen LogP contribution in [0.5, 0.6) is 5.75 Å². The van der Waals surface area contributed by atoms with Gasteiger partial charge in [0.25, 0.3) is 5.91 Å². The molecule has 1 N–H and O–H groups in total. The van der Waals surface area contributed by atoms with Gasteiger partial charge in [0.2, 0.25) is 0 Å². The van der Waals surface area contributed by atoms with Gasteiger partial charge in [-0.2, -0.15) is 0 Å². The summed E-state index contributed by atoms with van der Waals surface area (Å²) in [6, 6.07) is 15.3. The number of rotatable bonds is 7. The molecule has 4 nitrogen and oxygen atoms in total. The summed E-state index contributed by atoms with van der Waals surface area (Å²) in [5, 5.41) is 3.87. The first-order valence-electron chi connectivity index (χ1n) is 10.2. The minimum absolute atomic E-state index is 0.0748. The second kappa shape index (κ2) is 10.5. The predicted molar refractivity (Wildman–Crippen MR) is 114 cm³/mol. The lowest BCUT2D eigenvalue weighted by Crippen LogP contribution is -2.38. The molecule has 2 aromatic carbocycles. The highest BCUT2D eigenvalue weighted by atomic mass is 35.5. The minimum atomic E-state index is -0.0894. The molecule has 2 aromatic rings. The molecule has 1 heterocycles. The lowest BCUT2D eigenvalue weighted by Gasteiger charge is -2.31. The number of halogens is 1. The molecule has 1 amide bonds. The molecule has 1 fully saturated rings. The molecular formula is C23H29ClN2O2. The summed E-state index contributed by atoms with van der Waals surface area (Å²) in [5.74, 6) is 0.624. The van der Waals surface area contributed by atoms with E-state index in [-0.39, 0.29) is 11.9 Å². The SMILES string of the molecule is CCOc1cccc(C(=O)NC[C@H](c2ccccc2Cl)N2CCCCCC2)c1. The van der Waals surface area contributed by atoms with E-state index in [1.165, 1.54) is 25.7 Å². The summed E-state index contributed by atoms with van der Waals surface area (Å²) >= 11 is 6.51. The Hall–Kier alpha value is -2.04. The van der Waals surface area contributed by atoms with Crippen LogP contribution in [-0.4, -0.2) is 37.0 Å². The van der Waals surface area contributed by atoms with Crippen LogP contribution in [-0.2, 0) is 0 Å². The van der Waals surface area contributed by atoms with Crippen molar-refractivity contribution in [2.24, 2.45) is 0 Å². The van der Waals surface area contributed by atoms with E-state index in [0.717, 1.165) is 23.7 Å². The summed E-state index contributed by atoms with van der Waals surface area (Å²) in [6.45, 7) is 5.11. The van der Waals surface area contributed by atoms with Gasteiger partial charge in [-0.1, -0.05) is 48.7 Å². The molecule has 28 heavy (non-hydrogen) atoms. The quantitative estimate of drug-likeness (QED) is 0.704. The van der Waals surface area contributed by atoms with Gasteiger partial charge in [-0.15, -0.1) is 0 Å². The van der Waals surface area contributed by atoms with Crippen LogP contribution >= 0.6 is 11.6 Å². The number of nitrogens with zero attached hydrogens (tertiary/aromatic N) is 1. The van der Waals surface area contributed by atoms with Crippen LogP contribution in [0.4, 0.5) is 0 Å². The van der Waals surface area contributed by atoms with Crippen molar-refractivity contribution in [2.75, 3.05) is 26.2 Å². The molecule has 0 radical (unpaired) electrons. The predicted octanol–water partition coefficient (Wildman–Crippen LogP) is 5.09. The highest BCUT2D eigenvalue weighted by molar-refractivity contribution is 6.31. The Balaban J connectivity index is 1.75. The Bertz CT molecular complexity index is 773. The first-order chi connectivity index (χ1) is 13.7. The van der Waals surface area contributed by atoms with E-state index in [0.29, 0.717) is 24.5 Å². The molecule has 150 valence electrons. The van der Waals surface area contributed by atoms with Crippen molar-refractivity contribution in [3.63, 3.8) is 0 Å². The molecule has 0 saturated carbocycles. The molecule has 0 spiro atoms. The Morgan fingerprint density at radius 1 is 1.11 bits per heavy atom. The van der Waals surface area contributed by atoms with Crippen molar-refractivity contribution >= 4 is 17.5 Å². The average Bonchev–Trinajstić information content (AvgIpc) is 2.99. The Kier molecular flexibility index (Phi) is 7.75. The van der Waals surface area contributed by atoms with E-state index in [1.807, 2.05) is 43.3 Å². The number of amides is 1. The van der Waals surface area contributed by atoms with E-state index in [4.69, 9.17) is 16.3 Å². The number of nitrogens with one attached hydrogen (secondary N) is 1. The summed E-state index contributed by atoms with van der Waals surface area (Å²) in [7, 11) is 0. The first-order valence-corrected chi connectivity index (χ1v) is 10.6. The third-order valence-electron chi connectivity index (χ3n) is 5.21. The highest BCUT2D eigenvalue weighted by Crippen LogP contribution is 2.29. The monoisotopic (exact) mass is 400 g/mol. The lowest BCUT2D eigenvalue weighted by atomic mass is 10.0. The van der Waals surface area contributed by atoms with Gasteiger partial charge in [0, 0.05) is 17.1 Å². The van der Waals surface area contributed by atoms with E-state index in [1.54, 1.807) is 6.07 Å². The number of carbonyl (C=O) groups excluding carboxylic acids is 1. The number of likely N-dealkylation sites (tertiary alicyclic amines) is 1. The largest absolute Gasteiger partial charge is 0.494 e. The van der Waals surface area contributed by atoms with Gasteiger partial charge in [-0.3, -0.25) is 9.69 Å². The van der Waals surface area contributed by atoms with Gasteiger partial charge in [0.05, 0.1) is 12.6 Å². The van der Waals surface area contributed by atoms with E-state index >= 15 is 0 Å². The van der Waals surface area contributed by atoms with Gasteiger partial charge in [0.15, 0.2) is 0 Å². The van der Waals surface area contributed by atoms with Crippen LogP contribution in [0.15, 0.2) is 48.5 Å². The number of hydrogen-bond donors (Lipinski definition) is 1. The molecule has 1 aliphatic heterocycles. The Morgan fingerprint density at radius 3 is 2.57 bits per heavy atom. The fraction of sp³-hybridized carbons (Fsp3) is 0.435. The van der Waals surface area contributed by atoms with Crippen LogP contribution in [0.25, 0.3) is 0 Å². The van der Waals surface area contributed by atoms with Crippen molar-refractivity contribution in [3.05, 3.63) is 64.7 Å². The maximum Gasteiger partial charge on any atom is 0.251 e. The second-order valence-electron chi connectivity index (χ2n) is 7.16. The van der Waals surface area contributed by atoms with E-state index in [9.17, 15) is 4.79 Å². The molecule has 0 bridgehead atoms. The number of hydrogen-bond acceptors (Lipinski definition) is 3. The minimum Gasteiger partial charge on any atom is -0.494 e. The maximum absolute atomic E-state index is 12.8. The topological polar surface area (TPSA) is 41.6 Å². The summed E-state index contributed by atoms with van der Waals surface area (Å²) in [4.78, 5) is 15.2.